The molecule has 16 nitrogen and oxygen atoms in total. The van der Waals surface area contributed by atoms with Crippen molar-refractivity contribution < 1.29 is 59.3 Å². The molecule has 0 spiro atoms. The van der Waals surface area contributed by atoms with Crippen LogP contribution < -0.4 is 41.6 Å². The van der Waals surface area contributed by atoms with E-state index in [4.69, 9.17) is 74.6 Å². The third kappa shape index (κ3) is 10.5. The molecule has 2 aliphatic heterocycles. The molecule has 2 aliphatic rings. The quantitative estimate of drug-likeness (QED) is 0.0811. The molecule has 0 unspecified atom stereocenters. The van der Waals surface area contributed by atoms with Crippen LogP contribution in [-0.4, -0.2) is 56.8 Å². The first-order chi connectivity index (χ1) is 26.9. The van der Waals surface area contributed by atoms with Crippen LogP contribution in [-0.2, 0) is 38.7 Å². The van der Waals surface area contributed by atoms with Gasteiger partial charge in [-0.05, 0) is 12.3 Å². The Morgan fingerprint density at radius 2 is 0.877 bits per heavy atom. The van der Waals surface area contributed by atoms with Gasteiger partial charge in [0, 0.05) is 84.1 Å². The summed E-state index contributed by atoms with van der Waals surface area (Å²) in [6.07, 6.45) is 0. The molecule has 4 aromatic carbocycles. The average molecular weight is 820 g/mol. The van der Waals surface area contributed by atoms with Crippen LogP contribution in [0, 0.1) is 0 Å². The van der Waals surface area contributed by atoms with Gasteiger partial charge in [-0.3, -0.25) is 19.6 Å². The summed E-state index contributed by atoms with van der Waals surface area (Å²) in [5, 5.41) is 35.0. The molecule has 0 saturated heterocycles. The van der Waals surface area contributed by atoms with Gasteiger partial charge in [0.2, 0.25) is 0 Å². The van der Waals surface area contributed by atoms with Crippen LogP contribution in [0.2, 0.25) is 0 Å². The van der Waals surface area contributed by atoms with Crippen molar-refractivity contribution in [1.29, 1.82) is 0 Å². The standard InChI is InChI=1S/C32H16N8.C2H6O2.3C2H4O2.Zn/c1-2-10-18-17(9-1)25-33-26(18)38-28-21-13-5-6-14-22(21)30(35-28)40-32-24-16-8-7-15-23(24)31(36-32)39-29-20-12-4-3-11-19(20)27(34-29)37-25;1-2-4-3;3*1-2(3)4;/h1-16H;3H,2H2,1H3;3*1H3,(H,3,4);/q-2;;;;;. The number of aromatic nitrogens is 3. The summed E-state index contributed by atoms with van der Waals surface area (Å²) < 4.78 is 4.95. The number of aliphatic carboxylic acids is 3. The van der Waals surface area contributed by atoms with Crippen LogP contribution in [0.1, 0.15) is 38.8 Å². The van der Waals surface area contributed by atoms with E-state index < -0.39 is 17.9 Å². The number of hydrogen-bond acceptors (Lipinski definition) is 9. The van der Waals surface area contributed by atoms with Crippen molar-refractivity contribution in [3.8, 4) is 0 Å². The summed E-state index contributed by atoms with van der Waals surface area (Å²) in [4.78, 5) is 64.9. The molecule has 5 heterocycles. The smallest absolute Gasteiger partial charge is 0.300 e. The Hall–Kier alpha value is -6.90. The van der Waals surface area contributed by atoms with Crippen molar-refractivity contribution in [2.24, 2.45) is 20.0 Å². The fourth-order valence-corrected chi connectivity index (χ4v) is 5.46. The van der Waals surface area contributed by atoms with Gasteiger partial charge in [-0.25, -0.2) is 19.9 Å². The summed E-state index contributed by atoms with van der Waals surface area (Å²) >= 11 is 0. The Labute approximate surface area is 335 Å². The van der Waals surface area contributed by atoms with E-state index in [0.717, 1.165) is 64.2 Å². The molecular weight excluding hydrogens is 786 g/mol. The van der Waals surface area contributed by atoms with E-state index in [1.165, 1.54) is 0 Å². The number of carboxylic acid groups (broad SMARTS) is 3. The average Bonchev–Trinajstić information content (AvgIpc) is 3.90. The van der Waals surface area contributed by atoms with Gasteiger partial charge in [0.1, 0.15) is 0 Å². The van der Waals surface area contributed by atoms with E-state index in [9.17, 15) is 0 Å². The number of fused-ring (bicyclic) bond motifs is 19. The molecule has 0 fully saturated rings. The number of carboxylic acids is 3. The largest absolute Gasteiger partial charge is 0.501 e. The van der Waals surface area contributed by atoms with Gasteiger partial charge in [-0.1, -0.05) is 97.1 Å². The fraction of sp³-hybridized carbons (Fsp3) is 0.125. The van der Waals surface area contributed by atoms with Crippen LogP contribution in [0.15, 0.2) is 117 Å². The number of amidine groups is 2. The normalized spacial score (nSPS) is 11.5. The maximum Gasteiger partial charge on any atom is 0.300 e. The molecule has 3 aromatic heterocycles. The summed E-state index contributed by atoms with van der Waals surface area (Å²) in [7, 11) is 0. The second-order valence-corrected chi connectivity index (χ2v) is 11.6. The second kappa shape index (κ2) is 19.6. The first kappa shape index (κ1) is 42.8. The van der Waals surface area contributed by atoms with Crippen molar-refractivity contribution in [3.05, 3.63) is 130 Å². The van der Waals surface area contributed by atoms with Gasteiger partial charge >= 0.3 is 0 Å². The van der Waals surface area contributed by atoms with Crippen molar-refractivity contribution in [2.75, 3.05) is 6.61 Å². The zero-order valence-corrected chi connectivity index (χ0v) is 34.1. The van der Waals surface area contributed by atoms with E-state index in [1.54, 1.807) is 6.92 Å². The van der Waals surface area contributed by atoms with Gasteiger partial charge in [-0.2, -0.15) is 0 Å². The minimum absolute atomic E-state index is 0. The summed E-state index contributed by atoms with van der Waals surface area (Å²) in [5.41, 5.74) is 3.99. The maximum atomic E-state index is 9.00. The van der Waals surface area contributed by atoms with Crippen molar-refractivity contribution >= 4 is 73.5 Å². The third-order valence-corrected chi connectivity index (χ3v) is 7.46. The molecule has 0 radical (unpaired) electrons. The van der Waals surface area contributed by atoms with Crippen LogP contribution in [0.3, 0.4) is 0 Å². The summed E-state index contributed by atoms with van der Waals surface area (Å²) in [6.45, 7) is 5.33. The van der Waals surface area contributed by atoms with Gasteiger partial charge in [-0.15, -0.1) is 0 Å². The van der Waals surface area contributed by atoms with Crippen molar-refractivity contribution in [3.63, 3.8) is 0 Å². The molecule has 9 rings (SSSR count). The van der Waals surface area contributed by atoms with Gasteiger partial charge < -0.3 is 39.9 Å². The van der Waals surface area contributed by atoms with Crippen molar-refractivity contribution in [2.45, 2.75) is 27.7 Å². The zero-order valence-electron chi connectivity index (χ0n) is 31.2. The van der Waals surface area contributed by atoms with Crippen LogP contribution in [0.4, 0.5) is 11.6 Å². The minimum Gasteiger partial charge on any atom is -0.501 e. The van der Waals surface area contributed by atoms with E-state index in [0.29, 0.717) is 51.9 Å². The Morgan fingerprint density at radius 1 is 0.544 bits per heavy atom. The van der Waals surface area contributed by atoms with Crippen LogP contribution in [0.25, 0.3) is 32.3 Å². The van der Waals surface area contributed by atoms with E-state index in [2.05, 4.69) is 4.89 Å². The molecule has 8 bridgehead atoms. The predicted molar refractivity (Wildman–Crippen MR) is 207 cm³/mol. The molecule has 0 atom stereocenters. The number of aliphatic imine (C=N–C) groups is 2. The SMILES string of the molecule is CC(=O)O.CC(=O)O.CC(=O)O.CCOO.[Zn].c1ccc2c(c1)C1=NC2=Nc2[n-]c(c3ccccc23)N=c2[n-]c(c3ccccc23)=[N+]=c2[n-]c(c3ccccc23)=N1. The number of nitrogens with zero attached hydrogens (tertiary/aromatic N) is 8. The third-order valence-electron chi connectivity index (χ3n) is 7.46. The minimum atomic E-state index is -0.833. The van der Waals surface area contributed by atoms with Crippen LogP contribution in [0.5, 0.6) is 0 Å². The Kier molecular flexibility index (Phi) is 14.7. The van der Waals surface area contributed by atoms with Gasteiger partial charge in [0.25, 0.3) is 17.9 Å². The number of hydrogen-bond donors (Lipinski definition) is 4. The zero-order chi connectivity index (χ0) is 40.4. The van der Waals surface area contributed by atoms with Gasteiger partial charge in [0.05, 0.1) is 40.2 Å². The van der Waals surface area contributed by atoms with E-state index in [1.807, 2.05) is 97.1 Å². The monoisotopic (exact) mass is 818 g/mol. The molecule has 57 heavy (non-hydrogen) atoms. The molecule has 0 amide bonds. The Balaban J connectivity index is 0.000000366. The first-order valence-electron chi connectivity index (χ1n) is 16.8. The second-order valence-electron chi connectivity index (χ2n) is 11.6. The summed E-state index contributed by atoms with van der Waals surface area (Å²) in [5.74, 6) is -0.292. The van der Waals surface area contributed by atoms with Crippen molar-refractivity contribution in [1.82, 2.24) is 19.6 Å². The van der Waals surface area contributed by atoms with Crippen LogP contribution >= 0.6 is 0 Å². The fourth-order valence-electron chi connectivity index (χ4n) is 5.46. The molecule has 7 aromatic rings. The van der Waals surface area contributed by atoms with Gasteiger partial charge in [0.15, 0.2) is 5.84 Å². The Morgan fingerprint density at radius 3 is 1.30 bits per heavy atom. The molecule has 4 N–H and O–H groups in total. The van der Waals surface area contributed by atoms with E-state index >= 15 is 0 Å². The molecule has 0 aliphatic carbocycles. The molecule has 0 saturated carbocycles. The molecular formula is C40H34N8O8Zn-2. The number of benzene rings is 4. The van der Waals surface area contributed by atoms with E-state index in [-0.39, 0.29) is 19.5 Å². The number of rotatable bonds is 1. The summed E-state index contributed by atoms with van der Waals surface area (Å²) in [6, 6.07) is 31.8. The molecule has 286 valence electrons. The number of carbonyl (C=O) groups is 3. The predicted octanol–water partition coefficient (Wildman–Crippen LogP) is 3.21. The maximum absolute atomic E-state index is 9.00. The Bertz CT molecular complexity index is 2880. The molecule has 17 heteroatoms. The first-order valence-corrected chi connectivity index (χ1v) is 16.8. The topological polar surface area (TPSA) is 247 Å².